The van der Waals surface area contributed by atoms with Crippen LogP contribution in [0.2, 0.25) is 0 Å². The number of thiophene rings is 1. The predicted octanol–water partition coefficient (Wildman–Crippen LogP) is 0.874. The molecule has 22 heavy (non-hydrogen) atoms. The van der Waals surface area contributed by atoms with Crippen molar-refractivity contribution < 1.29 is 13.2 Å². The van der Waals surface area contributed by atoms with Crippen LogP contribution >= 0.6 is 11.3 Å². The Morgan fingerprint density at radius 3 is 2.73 bits per heavy atom. The molecule has 1 amide bonds. The quantitative estimate of drug-likeness (QED) is 0.769. The van der Waals surface area contributed by atoms with Gasteiger partial charge in [0.2, 0.25) is 5.91 Å². The summed E-state index contributed by atoms with van der Waals surface area (Å²) in [4.78, 5) is 13.9. The van der Waals surface area contributed by atoms with E-state index in [-0.39, 0.29) is 16.7 Å². The van der Waals surface area contributed by atoms with Crippen LogP contribution in [0.5, 0.6) is 0 Å². The normalized spacial score (nSPS) is 16.9. The Hall–Kier alpha value is -0.960. The standard InChI is InChI=1S/C14H23N3O3S2/c1-15-7-4-12-5-8-17(9-6-12)13(18)11-16-22(19,20)14-3-2-10-21-14/h2-3,10,12,15-16H,4-9,11H2,1H3. The molecule has 0 atom stereocenters. The SMILES string of the molecule is CNCCC1CCN(C(=O)CNS(=O)(=O)c2cccs2)CC1. The van der Waals surface area contributed by atoms with Crippen LogP contribution in [0.1, 0.15) is 19.3 Å². The van der Waals surface area contributed by atoms with Gasteiger partial charge in [0.1, 0.15) is 4.21 Å². The smallest absolute Gasteiger partial charge is 0.250 e. The van der Waals surface area contributed by atoms with Crippen LogP contribution in [0.25, 0.3) is 0 Å². The van der Waals surface area contributed by atoms with Gasteiger partial charge in [-0.15, -0.1) is 11.3 Å². The van der Waals surface area contributed by atoms with Crippen molar-refractivity contribution >= 4 is 27.3 Å². The minimum atomic E-state index is -3.56. The monoisotopic (exact) mass is 345 g/mol. The highest BCUT2D eigenvalue weighted by atomic mass is 32.2. The summed E-state index contributed by atoms with van der Waals surface area (Å²) < 4.78 is 26.6. The zero-order valence-electron chi connectivity index (χ0n) is 12.7. The fraction of sp³-hybridized carbons (Fsp3) is 0.643. The van der Waals surface area contributed by atoms with E-state index in [1.54, 1.807) is 16.3 Å². The summed E-state index contributed by atoms with van der Waals surface area (Å²) in [6, 6.07) is 3.21. The number of sulfonamides is 1. The highest BCUT2D eigenvalue weighted by molar-refractivity contribution is 7.91. The molecule has 1 fully saturated rings. The van der Waals surface area contributed by atoms with Crippen molar-refractivity contribution in [3.63, 3.8) is 0 Å². The van der Waals surface area contributed by atoms with Gasteiger partial charge in [-0.25, -0.2) is 13.1 Å². The zero-order valence-corrected chi connectivity index (χ0v) is 14.4. The molecular formula is C14H23N3O3S2. The lowest BCUT2D eigenvalue weighted by Crippen LogP contribution is -2.44. The molecule has 0 saturated carbocycles. The molecule has 0 radical (unpaired) electrons. The molecule has 0 aromatic carbocycles. The first-order valence-electron chi connectivity index (χ1n) is 7.48. The highest BCUT2D eigenvalue weighted by Gasteiger charge is 2.24. The molecular weight excluding hydrogens is 322 g/mol. The van der Waals surface area contributed by atoms with Crippen molar-refractivity contribution in [2.75, 3.05) is 33.2 Å². The van der Waals surface area contributed by atoms with Gasteiger partial charge >= 0.3 is 0 Å². The number of carbonyl (C=O) groups is 1. The Morgan fingerprint density at radius 1 is 1.41 bits per heavy atom. The van der Waals surface area contributed by atoms with E-state index in [9.17, 15) is 13.2 Å². The molecule has 2 N–H and O–H groups in total. The lowest BCUT2D eigenvalue weighted by molar-refractivity contribution is -0.131. The van der Waals surface area contributed by atoms with Crippen LogP contribution in [0, 0.1) is 5.92 Å². The molecule has 2 rings (SSSR count). The van der Waals surface area contributed by atoms with Gasteiger partial charge in [-0.3, -0.25) is 4.79 Å². The number of hydrogen-bond acceptors (Lipinski definition) is 5. The van der Waals surface area contributed by atoms with Crippen molar-refractivity contribution in [3.05, 3.63) is 17.5 Å². The third-order valence-corrected chi connectivity index (χ3v) is 6.74. The molecule has 1 saturated heterocycles. The largest absolute Gasteiger partial charge is 0.342 e. The number of likely N-dealkylation sites (tertiary alicyclic amines) is 1. The van der Waals surface area contributed by atoms with E-state index in [4.69, 9.17) is 0 Å². The molecule has 1 aromatic rings. The lowest BCUT2D eigenvalue weighted by atomic mass is 9.93. The summed E-state index contributed by atoms with van der Waals surface area (Å²) in [5, 5.41) is 4.84. The number of carbonyl (C=O) groups excluding carboxylic acids is 1. The number of amides is 1. The van der Waals surface area contributed by atoms with Gasteiger partial charge in [0.05, 0.1) is 6.54 Å². The summed E-state index contributed by atoms with van der Waals surface area (Å²) in [7, 11) is -1.62. The Labute approximate surface area is 135 Å². The van der Waals surface area contributed by atoms with E-state index in [1.165, 1.54) is 6.07 Å². The van der Waals surface area contributed by atoms with Crippen LogP contribution in [0.3, 0.4) is 0 Å². The summed E-state index contributed by atoms with van der Waals surface area (Å²) in [5.41, 5.74) is 0. The molecule has 0 aliphatic carbocycles. The summed E-state index contributed by atoms with van der Waals surface area (Å²) >= 11 is 1.14. The number of piperidine rings is 1. The topological polar surface area (TPSA) is 78.5 Å². The average molecular weight is 345 g/mol. The number of rotatable bonds is 7. The lowest BCUT2D eigenvalue weighted by Gasteiger charge is -2.32. The second kappa shape index (κ2) is 8.05. The van der Waals surface area contributed by atoms with Gasteiger partial charge < -0.3 is 10.2 Å². The predicted molar refractivity (Wildman–Crippen MR) is 87.4 cm³/mol. The summed E-state index contributed by atoms with van der Waals surface area (Å²) in [5.74, 6) is 0.506. The van der Waals surface area contributed by atoms with Crippen LogP contribution in [0.4, 0.5) is 0 Å². The van der Waals surface area contributed by atoms with E-state index in [0.29, 0.717) is 19.0 Å². The molecule has 2 heterocycles. The molecule has 6 nitrogen and oxygen atoms in total. The summed E-state index contributed by atoms with van der Waals surface area (Å²) in [6.45, 7) is 2.27. The van der Waals surface area contributed by atoms with Crippen LogP contribution in [0.15, 0.2) is 21.7 Å². The molecule has 0 spiro atoms. The van der Waals surface area contributed by atoms with E-state index in [0.717, 1.165) is 37.1 Å². The van der Waals surface area contributed by atoms with Crippen molar-refractivity contribution in [2.45, 2.75) is 23.5 Å². The van der Waals surface area contributed by atoms with Gasteiger partial charge in [0, 0.05) is 13.1 Å². The molecule has 0 unspecified atom stereocenters. The Bertz CT molecular complexity index is 564. The van der Waals surface area contributed by atoms with E-state index in [1.807, 2.05) is 7.05 Å². The Balaban J connectivity index is 1.77. The number of nitrogens with zero attached hydrogens (tertiary/aromatic N) is 1. The number of nitrogens with one attached hydrogen (secondary N) is 2. The van der Waals surface area contributed by atoms with Gasteiger partial charge in [-0.1, -0.05) is 6.07 Å². The minimum Gasteiger partial charge on any atom is -0.342 e. The maximum absolute atomic E-state index is 12.1. The Morgan fingerprint density at radius 2 is 2.14 bits per heavy atom. The third-order valence-electron chi connectivity index (χ3n) is 3.94. The van der Waals surface area contributed by atoms with Gasteiger partial charge in [-0.05, 0) is 50.2 Å². The van der Waals surface area contributed by atoms with E-state index in [2.05, 4.69) is 10.0 Å². The van der Waals surface area contributed by atoms with Crippen molar-refractivity contribution in [1.82, 2.24) is 14.9 Å². The van der Waals surface area contributed by atoms with Crippen LogP contribution in [-0.2, 0) is 14.8 Å². The van der Waals surface area contributed by atoms with Gasteiger partial charge in [-0.2, -0.15) is 0 Å². The first-order valence-corrected chi connectivity index (χ1v) is 9.85. The van der Waals surface area contributed by atoms with Crippen molar-refractivity contribution in [3.8, 4) is 0 Å². The molecule has 1 aromatic heterocycles. The van der Waals surface area contributed by atoms with E-state index < -0.39 is 10.0 Å². The fourth-order valence-electron chi connectivity index (χ4n) is 2.58. The molecule has 8 heteroatoms. The maximum atomic E-state index is 12.1. The second-order valence-corrected chi connectivity index (χ2v) is 8.41. The molecule has 124 valence electrons. The molecule has 1 aliphatic heterocycles. The first kappa shape index (κ1) is 17.4. The fourth-order valence-corrected chi connectivity index (χ4v) is 4.59. The van der Waals surface area contributed by atoms with E-state index >= 15 is 0 Å². The average Bonchev–Trinajstić information content (AvgIpc) is 3.06. The van der Waals surface area contributed by atoms with Crippen LogP contribution in [-0.4, -0.2) is 52.5 Å². The Kier molecular flexibility index (Phi) is 6.37. The molecule has 0 bridgehead atoms. The van der Waals surface area contributed by atoms with Crippen molar-refractivity contribution in [2.24, 2.45) is 5.92 Å². The highest BCUT2D eigenvalue weighted by Crippen LogP contribution is 2.20. The third kappa shape index (κ3) is 4.77. The first-order chi connectivity index (χ1) is 10.5. The van der Waals surface area contributed by atoms with Crippen LogP contribution < -0.4 is 10.0 Å². The number of hydrogen-bond donors (Lipinski definition) is 2. The molecule has 1 aliphatic rings. The van der Waals surface area contributed by atoms with Crippen molar-refractivity contribution in [1.29, 1.82) is 0 Å². The second-order valence-electron chi connectivity index (χ2n) is 5.47. The summed E-state index contributed by atoms with van der Waals surface area (Å²) in [6.07, 6.45) is 3.11. The zero-order chi connectivity index (χ0) is 16.0. The minimum absolute atomic E-state index is 0.146. The van der Waals surface area contributed by atoms with Gasteiger partial charge in [0.25, 0.3) is 10.0 Å². The van der Waals surface area contributed by atoms with Gasteiger partial charge in [0.15, 0.2) is 0 Å². The maximum Gasteiger partial charge on any atom is 0.250 e.